The first-order chi connectivity index (χ1) is 13.1. The Morgan fingerprint density at radius 3 is 2.93 bits per heavy atom. The highest BCUT2D eigenvalue weighted by atomic mass is 35.5. The van der Waals surface area contributed by atoms with E-state index in [1.165, 1.54) is 6.20 Å². The molecule has 1 amide bonds. The highest BCUT2D eigenvalue weighted by molar-refractivity contribution is 6.30. The minimum Gasteiger partial charge on any atom is -0.373 e. The third-order valence-electron chi connectivity index (χ3n) is 4.54. The Morgan fingerprint density at radius 2 is 2.19 bits per heavy atom. The van der Waals surface area contributed by atoms with Crippen LogP contribution < -0.4 is 5.32 Å². The van der Waals surface area contributed by atoms with Crippen LogP contribution in [-0.4, -0.2) is 32.2 Å². The maximum atomic E-state index is 12.1. The highest BCUT2D eigenvalue weighted by Crippen LogP contribution is 2.37. The number of ether oxygens (including phenoxy) is 1. The summed E-state index contributed by atoms with van der Waals surface area (Å²) >= 11 is 5.93. The van der Waals surface area contributed by atoms with Crippen LogP contribution in [0.5, 0.6) is 0 Å². The number of rotatable bonds is 5. The molecule has 1 fully saturated rings. The Bertz CT molecular complexity index is 937. The monoisotopic (exact) mass is 387 g/mol. The van der Waals surface area contributed by atoms with Gasteiger partial charge in [-0.3, -0.25) is 4.79 Å². The van der Waals surface area contributed by atoms with E-state index in [1.54, 1.807) is 17.9 Å². The molecule has 0 aliphatic carbocycles. The van der Waals surface area contributed by atoms with Crippen molar-refractivity contribution in [1.29, 1.82) is 0 Å². The number of aryl methyl sites for hydroxylation is 1. The number of nitrogens with one attached hydrogen (secondary N) is 1. The smallest absolute Gasteiger partial charge is 0.269 e. The van der Waals surface area contributed by atoms with Crippen molar-refractivity contribution in [3.63, 3.8) is 0 Å². The fraction of sp³-hybridized carbons (Fsp3) is 0.333. The molecule has 3 heterocycles. The number of aromatic nitrogens is 4. The highest BCUT2D eigenvalue weighted by Gasteiger charge is 2.31. The van der Waals surface area contributed by atoms with Gasteiger partial charge in [0.15, 0.2) is 5.82 Å². The number of hydrogen-bond donors (Lipinski definition) is 1. The number of carbonyl (C=O) groups excluding carboxylic acids is 1. The van der Waals surface area contributed by atoms with Gasteiger partial charge in [0.2, 0.25) is 5.89 Å². The summed E-state index contributed by atoms with van der Waals surface area (Å²) in [6, 6.07) is 7.63. The Kier molecular flexibility index (Phi) is 4.91. The quantitative estimate of drug-likeness (QED) is 0.723. The summed E-state index contributed by atoms with van der Waals surface area (Å²) in [5.41, 5.74) is 1.54. The third-order valence-corrected chi connectivity index (χ3v) is 4.79. The van der Waals surface area contributed by atoms with Gasteiger partial charge >= 0.3 is 0 Å². The van der Waals surface area contributed by atoms with E-state index < -0.39 is 0 Å². The van der Waals surface area contributed by atoms with Gasteiger partial charge in [-0.2, -0.15) is 4.98 Å². The van der Waals surface area contributed by atoms with Gasteiger partial charge in [-0.05, 0) is 24.1 Å². The summed E-state index contributed by atoms with van der Waals surface area (Å²) in [5, 5.41) is 7.49. The van der Waals surface area contributed by atoms with E-state index in [9.17, 15) is 4.79 Å². The van der Waals surface area contributed by atoms with Gasteiger partial charge < -0.3 is 19.1 Å². The van der Waals surface area contributed by atoms with Crippen molar-refractivity contribution in [2.45, 2.75) is 25.0 Å². The molecule has 3 aromatic rings. The Labute approximate surface area is 160 Å². The predicted molar refractivity (Wildman–Crippen MR) is 96.2 cm³/mol. The molecule has 8 nitrogen and oxygen atoms in total. The van der Waals surface area contributed by atoms with Crippen LogP contribution in [0.3, 0.4) is 0 Å². The summed E-state index contributed by atoms with van der Waals surface area (Å²) in [6.45, 7) is 0.679. The largest absolute Gasteiger partial charge is 0.373 e. The van der Waals surface area contributed by atoms with Crippen LogP contribution in [0.1, 0.15) is 46.2 Å². The Balaban J connectivity index is 1.35. The molecule has 4 rings (SSSR count). The second-order valence-electron chi connectivity index (χ2n) is 6.42. The van der Waals surface area contributed by atoms with E-state index in [-0.39, 0.29) is 24.5 Å². The van der Waals surface area contributed by atoms with Gasteiger partial charge in [0.05, 0.1) is 31.8 Å². The summed E-state index contributed by atoms with van der Waals surface area (Å²) in [5.74, 6) is 0.754. The van der Waals surface area contributed by atoms with Gasteiger partial charge in [-0.15, -0.1) is 0 Å². The second kappa shape index (κ2) is 7.50. The normalized spacial score (nSPS) is 19.3. The lowest BCUT2D eigenvalue weighted by molar-refractivity contribution is 0.0938. The van der Waals surface area contributed by atoms with E-state index in [0.29, 0.717) is 29.0 Å². The van der Waals surface area contributed by atoms with Crippen LogP contribution >= 0.6 is 11.6 Å². The summed E-state index contributed by atoms with van der Waals surface area (Å²) in [7, 11) is 1.75. The molecule has 2 aromatic heterocycles. The number of carbonyl (C=O) groups is 1. The molecule has 27 heavy (non-hydrogen) atoms. The van der Waals surface area contributed by atoms with Gasteiger partial charge in [0, 0.05) is 18.0 Å². The minimum absolute atomic E-state index is 0.0150. The first kappa shape index (κ1) is 17.7. The molecule has 2 atom stereocenters. The van der Waals surface area contributed by atoms with Crippen LogP contribution in [0.25, 0.3) is 0 Å². The topological polar surface area (TPSA) is 95.1 Å². The van der Waals surface area contributed by atoms with Crippen molar-refractivity contribution in [1.82, 2.24) is 25.0 Å². The van der Waals surface area contributed by atoms with E-state index in [1.807, 2.05) is 24.3 Å². The SMILES string of the molecule is Cn1cncc1C(=O)NCc1nc([C@@H]2CO[C@@H](c3ccc(Cl)cc3)C2)no1. The van der Waals surface area contributed by atoms with Crippen molar-refractivity contribution in [3.05, 3.63) is 64.8 Å². The lowest BCUT2D eigenvalue weighted by Gasteiger charge is -2.09. The first-order valence-corrected chi connectivity index (χ1v) is 8.92. The second-order valence-corrected chi connectivity index (χ2v) is 6.86. The predicted octanol–water partition coefficient (Wildman–Crippen LogP) is 2.63. The average molecular weight is 388 g/mol. The lowest BCUT2D eigenvalue weighted by Crippen LogP contribution is -2.24. The van der Waals surface area contributed by atoms with E-state index in [0.717, 1.165) is 12.0 Å². The molecule has 0 radical (unpaired) electrons. The van der Waals surface area contributed by atoms with E-state index in [2.05, 4.69) is 20.4 Å². The number of imidazole rings is 1. The number of hydrogen-bond acceptors (Lipinski definition) is 6. The molecule has 9 heteroatoms. The van der Waals surface area contributed by atoms with Crippen LogP contribution in [0.15, 0.2) is 41.3 Å². The molecular formula is C18H18ClN5O3. The standard InChI is InChI=1S/C18H18ClN5O3/c1-24-10-20-7-14(24)18(25)21-8-16-22-17(23-27-16)12-6-15(26-9-12)11-2-4-13(19)5-3-11/h2-5,7,10,12,15H,6,8-9H2,1H3,(H,21,25)/t12-,15+/m0/s1. The molecule has 0 bridgehead atoms. The Morgan fingerprint density at radius 1 is 1.37 bits per heavy atom. The zero-order valence-corrected chi connectivity index (χ0v) is 15.4. The molecule has 140 valence electrons. The van der Waals surface area contributed by atoms with Gasteiger partial charge in [-0.1, -0.05) is 28.9 Å². The van der Waals surface area contributed by atoms with Crippen LogP contribution in [-0.2, 0) is 18.3 Å². The van der Waals surface area contributed by atoms with E-state index in [4.69, 9.17) is 20.9 Å². The first-order valence-electron chi connectivity index (χ1n) is 8.54. The summed E-state index contributed by atoms with van der Waals surface area (Å²) in [4.78, 5) is 20.4. The lowest BCUT2D eigenvalue weighted by atomic mass is 10.0. The zero-order valence-electron chi connectivity index (χ0n) is 14.6. The van der Waals surface area contributed by atoms with Crippen molar-refractivity contribution in [2.75, 3.05) is 6.61 Å². The van der Waals surface area contributed by atoms with Gasteiger partial charge in [-0.25, -0.2) is 4.98 Å². The molecule has 0 spiro atoms. The van der Waals surface area contributed by atoms with Crippen molar-refractivity contribution < 1.29 is 14.1 Å². The molecule has 0 saturated carbocycles. The molecule has 1 aliphatic rings. The summed E-state index contributed by atoms with van der Waals surface area (Å²) in [6.07, 6.45) is 3.82. The van der Waals surface area contributed by atoms with Crippen molar-refractivity contribution in [3.8, 4) is 0 Å². The molecule has 1 aliphatic heterocycles. The maximum Gasteiger partial charge on any atom is 0.269 e. The Hall–Kier alpha value is -2.71. The van der Waals surface area contributed by atoms with Gasteiger partial charge in [0.1, 0.15) is 5.69 Å². The fourth-order valence-electron chi connectivity index (χ4n) is 3.04. The van der Waals surface area contributed by atoms with Crippen molar-refractivity contribution >= 4 is 17.5 Å². The fourth-order valence-corrected chi connectivity index (χ4v) is 3.17. The van der Waals surface area contributed by atoms with Crippen molar-refractivity contribution in [2.24, 2.45) is 7.05 Å². The average Bonchev–Trinajstić information content (AvgIpc) is 3.40. The molecule has 1 N–H and O–H groups in total. The van der Waals surface area contributed by atoms with E-state index >= 15 is 0 Å². The van der Waals surface area contributed by atoms with Crippen LogP contribution in [0.4, 0.5) is 0 Å². The molecule has 1 saturated heterocycles. The summed E-state index contributed by atoms with van der Waals surface area (Å²) < 4.78 is 12.8. The molecular weight excluding hydrogens is 370 g/mol. The number of benzene rings is 1. The number of halogens is 1. The zero-order chi connectivity index (χ0) is 18.8. The van der Waals surface area contributed by atoms with Crippen LogP contribution in [0.2, 0.25) is 5.02 Å². The molecule has 0 unspecified atom stereocenters. The minimum atomic E-state index is -0.248. The number of amides is 1. The maximum absolute atomic E-state index is 12.1. The third kappa shape index (κ3) is 3.86. The number of nitrogens with zero attached hydrogens (tertiary/aromatic N) is 4. The van der Waals surface area contributed by atoms with Gasteiger partial charge in [0.25, 0.3) is 5.91 Å². The van der Waals surface area contributed by atoms with Crippen LogP contribution in [0, 0.1) is 0 Å². The molecule has 1 aromatic carbocycles.